The monoisotopic (exact) mass is 502 g/mol. The predicted molar refractivity (Wildman–Crippen MR) is 133 cm³/mol. The zero-order chi connectivity index (χ0) is 24.2. The normalized spacial score (nSPS) is 11.0. The number of amides is 2. The number of anilines is 2. The summed E-state index contributed by atoms with van der Waals surface area (Å²) in [5, 5.41) is 6.04. The van der Waals surface area contributed by atoms with Crippen molar-refractivity contribution in [2.45, 2.75) is 11.3 Å². The van der Waals surface area contributed by atoms with Crippen LogP contribution in [0, 0.1) is 0 Å². The maximum atomic E-state index is 12.5. The Morgan fingerprint density at radius 1 is 0.970 bits per heavy atom. The summed E-state index contributed by atoms with van der Waals surface area (Å²) in [6, 6.07) is 16.3. The Hall–Kier alpha value is -3.13. The van der Waals surface area contributed by atoms with Crippen LogP contribution < -0.4 is 10.6 Å². The molecule has 2 amide bonds. The summed E-state index contributed by atoms with van der Waals surface area (Å²) < 4.78 is 23.1. The molecule has 170 valence electrons. The topological polar surface area (TPSA) is 92.3 Å². The zero-order valence-corrected chi connectivity index (χ0v) is 19.9. The van der Waals surface area contributed by atoms with Crippen molar-refractivity contribution in [2.75, 3.05) is 16.9 Å². The van der Waals surface area contributed by atoms with Crippen molar-refractivity contribution in [3.05, 3.63) is 88.9 Å². The van der Waals surface area contributed by atoms with Crippen LogP contribution in [0.25, 0.3) is 11.1 Å². The van der Waals surface area contributed by atoms with Crippen LogP contribution in [0.15, 0.2) is 78.2 Å². The second-order valence-corrected chi connectivity index (χ2v) is 10.0. The fourth-order valence-corrected chi connectivity index (χ4v) is 4.46. The number of benzene rings is 3. The highest BCUT2D eigenvalue weighted by molar-refractivity contribution is 7.90. The van der Waals surface area contributed by atoms with E-state index in [1.807, 2.05) is 0 Å². The summed E-state index contributed by atoms with van der Waals surface area (Å²) in [7, 11) is -3.30. The van der Waals surface area contributed by atoms with Gasteiger partial charge in [0.1, 0.15) is 0 Å². The Bertz CT molecular complexity index is 1310. The summed E-state index contributed by atoms with van der Waals surface area (Å²) in [4.78, 5) is 24.4. The first-order chi connectivity index (χ1) is 15.6. The van der Waals surface area contributed by atoms with Crippen molar-refractivity contribution in [1.29, 1.82) is 0 Å². The van der Waals surface area contributed by atoms with Crippen molar-refractivity contribution in [1.82, 2.24) is 0 Å². The third-order valence-corrected chi connectivity index (χ3v) is 6.41. The standard InChI is InChI=1S/C24H20Cl2N2O4S/c1-3-22(29)28-21-7-5-4-6-18(21)24-19(25)13-16(14-20(24)26)27-23(30)12-15-8-10-17(11-9-15)33(2,31)32/h3-11,13-14H,1,12H2,2H3,(H,27,30)(H,28,29). The summed E-state index contributed by atoms with van der Waals surface area (Å²) in [5.74, 6) is -0.691. The second-order valence-electron chi connectivity index (χ2n) is 7.19. The molecule has 0 unspecified atom stereocenters. The molecule has 33 heavy (non-hydrogen) atoms. The number of carbonyl (C=O) groups excluding carboxylic acids is 2. The van der Waals surface area contributed by atoms with Crippen LogP contribution in [0.5, 0.6) is 0 Å². The minimum atomic E-state index is -3.30. The van der Waals surface area contributed by atoms with Crippen LogP contribution in [0.4, 0.5) is 11.4 Å². The van der Waals surface area contributed by atoms with Crippen LogP contribution in [-0.4, -0.2) is 26.5 Å². The summed E-state index contributed by atoms with van der Waals surface area (Å²) >= 11 is 13.0. The van der Waals surface area contributed by atoms with Crippen LogP contribution in [-0.2, 0) is 25.8 Å². The molecule has 0 aliphatic carbocycles. The minimum Gasteiger partial charge on any atom is -0.326 e. The Morgan fingerprint density at radius 3 is 2.15 bits per heavy atom. The fourth-order valence-electron chi connectivity index (χ4n) is 3.14. The van der Waals surface area contributed by atoms with E-state index >= 15 is 0 Å². The fraction of sp³-hybridized carbons (Fsp3) is 0.0833. The molecule has 0 aliphatic rings. The number of halogens is 2. The first kappa shape index (κ1) is 24.5. The van der Waals surface area contributed by atoms with Gasteiger partial charge in [-0.15, -0.1) is 0 Å². The van der Waals surface area contributed by atoms with Crippen LogP contribution in [0.3, 0.4) is 0 Å². The van der Waals surface area contributed by atoms with Crippen molar-refractivity contribution < 1.29 is 18.0 Å². The van der Waals surface area contributed by atoms with E-state index < -0.39 is 9.84 Å². The minimum absolute atomic E-state index is 0.0391. The van der Waals surface area contributed by atoms with Gasteiger partial charge in [-0.05, 0) is 42.0 Å². The number of hydrogen-bond acceptors (Lipinski definition) is 4. The second kappa shape index (κ2) is 10.2. The van der Waals surface area contributed by atoms with E-state index in [2.05, 4.69) is 17.2 Å². The Labute approximate surface area is 202 Å². The lowest BCUT2D eigenvalue weighted by atomic mass is 10.0. The van der Waals surface area contributed by atoms with Gasteiger partial charge in [-0.2, -0.15) is 0 Å². The lowest BCUT2D eigenvalue weighted by Crippen LogP contribution is -2.14. The van der Waals surface area contributed by atoms with E-state index in [1.54, 1.807) is 48.5 Å². The van der Waals surface area contributed by atoms with Gasteiger partial charge in [0.05, 0.1) is 21.4 Å². The number of hydrogen-bond donors (Lipinski definition) is 2. The lowest BCUT2D eigenvalue weighted by Gasteiger charge is -2.15. The average molecular weight is 503 g/mol. The Balaban J connectivity index is 1.80. The molecule has 0 aliphatic heterocycles. The van der Waals surface area contributed by atoms with Crippen molar-refractivity contribution in [3.63, 3.8) is 0 Å². The quantitative estimate of drug-likeness (QED) is 0.424. The number of rotatable bonds is 7. The summed E-state index contributed by atoms with van der Waals surface area (Å²) in [5.41, 5.74) is 2.69. The molecule has 3 rings (SSSR count). The van der Waals surface area contributed by atoms with Crippen molar-refractivity contribution in [3.8, 4) is 11.1 Å². The molecule has 9 heteroatoms. The van der Waals surface area contributed by atoms with Gasteiger partial charge in [0, 0.05) is 28.8 Å². The van der Waals surface area contributed by atoms with Crippen molar-refractivity contribution >= 4 is 56.2 Å². The van der Waals surface area contributed by atoms with Crippen LogP contribution in [0.1, 0.15) is 5.56 Å². The largest absolute Gasteiger partial charge is 0.326 e. The smallest absolute Gasteiger partial charge is 0.247 e. The molecule has 0 atom stereocenters. The van der Waals surface area contributed by atoms with Gasteiger partial charge in [-0.25, -0.2) is 8.42 Å². The first-order valence-corrected chi connectivity index (χ1v) is 12.3. The van der Waals surface area contributed by atoms with E-state index in [4.69, 9.17) is 23.2 Å². The van der Waals surface area contributed by atoms with E-state index in [9.17, 15) is 18.0 Å². The molecule has 0 fully saturated rings. The third-order valence-electron chi connectivity index (χ3n) is 4.68. The van der Waals surface area contributed by atoms with E-state index in [1.165, 1.54) is 12.1 Å². The Morgan fingerprint density at radius 2 is 1.58 bits per heavy atom. The van der Waals surface area contributed by atoms with Gasteiger partial charge in [0.15, 0.2) is 9.84 Å². The molecule has 3 aromatic carbocycles. The van der Waals surface area contributed by atoms with Gasteiger partial charge in [-0.1, -0.05) is 60.1 Å². The molecule has 0 spiro atoms. The Kier molecular flexibility index (Phi) is 7.58. The maximum Gasteiger partial charge on any atom is 0.247 e. The molecule has 6 nitrogen and oxygen atoms in total. The summed E-state index contributed by atoms with van der Waals surface area (Å²) in [6.45, 7) is 3.45. The number of carbonyl (C=O) groups is 2. The highest BCUT2D eigenvalue weighted by atomic mass is 35.5. The number of sulfone groups is 1. The molecule has 0 heterocycles. The lowest BCUT2D eigenvalue weighted by molar-refractivity contribution is -0.115. The first-order valence-electron chi connectivity index (χ1n) is 9.69. The van der Waals surface area contributed by atoms with Crippen LogP contribution >= 0.6 is 23.2 Å². The molecule has 0 saturated carbocycles. The molecular weight excluding hydrogens is 483 g/mol. The maximum absolute atomic E-state index is 12.5. The van der Waals surface area contributed by atoms with E-state index in [-0.39, 0.29) is 33.2 Å². The SMILES string of the molecule is C=CC(=O)Nc1ccccc1-c1c(Cl)cc(NC(=O)Cc2ccc(S(C)(=O)=O)cc2)cc1Cl. The zero-order valence-electron chi connectivity index (χ0n) is 17.6. The summed E-state index contributed by atoms with van der Waals surface area (Å²) in [6.07, 6.45) is 2.32. The molecule has 0 bridgehead atoms. The van der Waals surface area contributed by atoms with Crippen molar-refractivity contribution in [2.24, 2.45) is 0 Å². The predicted octanol–water partition coefficient (Wildman–Crippen LogP) is 5.37. The molecular formula is C24H20Cl2N2O4S. The van der Waals surface area contributed by atoms with Gasteiger partial charge < -0.3 is 10.6 Å². The third kappa shape index (κ3) is 6.22. The highest BCUT2D eigenvalue weighted by Gasteiger charge is 2.16. The number of para-hydroxylation sites is 1. The molecule has 3 aromatic rings. The van der Waals surface area contributed by atoms with Gasteiger partial charge in [0.2, 0.25) is 11.8 Å². The van der Waals surface area contributed by atoms with E-state index in [0.29, 0.717) is 28.1 Å². The average Bonchev–Trinajstić information content (AvgIpc) is 2.74. The molecule has 0 radical (unpaired) electrons. The van der Waals surface area contributed by atoms with Gasteiger partial charge in [-0.3, -0.25) is 9.59 Å². The molecule has 2 N–H and O–H groups in total. The van der Waals surface area contributed by atoms with Gasteiger partial charge >= 0.3 is 0 Å². The number of nitrogens with one attached hydrogen (secondary N) is 2. The van der Waals surface area contributed by atoms with Crippen LogP contribution in [0.2, 0.25) is 10.0 Å². The van der Waals surface area contributed by atoms with Gasteiger partial charge in [0.25, 0.3) is 0 Å². The molecule has 0 saturated heterocycles. The van der Waals surface area contributed by atoms with E-state index in [0.717, 1.165) is 12.3 Å². The highest BCUT2D eigenvalue weighted by Crippen LogP contribution is 2.40. The molecule has 0 aromatic heterocycles.